The lowest BCUT2D eigenvalue weighted by molar-refractivity contribution is 0.0691. The van der Waals surface area contributed by atoms with E-state index in [4.69, 9.17) is 10.9 Å². The Bertz CT molecular complexity index is 1190. The van der Waals surface area contributed by atoms with Crippen LogP contribution in [0.3, 0.4) is 0 Å². The molecule has 0 atom stereocenters. The Hall–Kier alpha value is -3.01. The number of fused-ring (bicyclic) bond motifs is 2. The number of thiazole rings is 2. The van der Waals surface area contributed by atoms with Crippen LogP contribution in [-0.4, -0.2) is 27.6 Å². The van der Waals surface area contributed by atoms with E-state index < -0.39 is 5.97 Å². The monoisotopic (exact) mass is 423 g/mol. The number of hydrazine groups is 1. The Morgan fingerprint density at radius 3 is 2.86 bits per heavy atom. The number of nitrogens with two attached hydrogens (primary N) is 1. The van der Waals surface area contributed by atoms with Gasteiger partial charge in [-0.25, -0.2) is 20.6 Å². The summed E-state index contributed by atoms with van der Waals surface area (Å²) in [5, 5.41) is 13.8. The minimum absolute atomic E-state index is 0.0812. The minimum Gasteiger partial charge on any atom is -0.476 e. The molecule has 0 aliphatic carbocycles. The van der Waals surface area contributed by atoms with Gasteiger partial charge in [0.1, 0.15) is 0 Å². The quantitative estimate of drug-likeness (QED) is 0.367. The first-order valence-corrected chi connectivity index (χ1v) is 10.8. The van der Waals surface area contributed by atoms with Gasteiger partial charge in [-0.15, -0.1) is 11.3 Å². The second-order valence-electron chi connectivity index (χ2n) is 6.72. The second-order valence-corrected chi connectivity index (χ2v) is 8.57. The third-order valence-electron chi connectivity index (χ3n) is 4.89. The Kier molecular flexibility index (Phi) is 4.42. The number of aromatic nitrogens is 2. The van der Waals surface area contributed by atoms with E-state index in [2.05, 4.69) is 20.9 Å². The van der Waals surface area contributed by atoms with Crippen LogP contribution in [0.4, 0.5) is 21.6 Å². The number of aromatic carboxylic acids is 1. The van der Waals surface area contributed by atoms with Crippen LogP contribution in [0, 0.1) is 0 Å². The lowest BCUT2D eigenvalue weighted by Crippen LogP contribution is -2.27. The van der Waals surface area contributed by atoms with Crippen LogP contribution in [0.15, 0.2) is 47.8 Å². The number of aryl methyl sites for hydroxylation is 1. The first kappa shape index (κ1) is 18.0. The molecule has 0 bridgehead atoms. The van der Waals surface area contributed by atoms with E-state index in [1.165, 1.54) is 11.3 Å². The van der Waals surface area contributed by atoms with Gasteiger partial charge in [0.25, 0.3) is 0 Å². The van der Waals surface area contributed by atoms with Crippen LogP contribution >= 0.6 is 22.7 Å². The zero-order valence-corrected chi connectivity index (χ0v) is 16.9. The molecule has 1 aliphatic rings. The first-order chi connectivity index (χ1) is 14.1. The molecule has 0 fully saturated rings. The molecule has 0 radical (unpaired) electrons. The molecule has 0 saturated carbocycles. The molecule has 5 rings (SSSR count). The Balaban J connectivity index is 1.47. The molecule has 3 heterocycles. The van der Waals surface area contributed by atoms with Crippen LogP contribution in [0.25, 0.3) is 10.2 Å². The van der Waals surface area contributed by atoms with E-state index in [0.717, 1.165) is 51.7 Å². The van der Waals surface area contributed by atoms with Crippen LogP contribution in [0.1, 0.15) is 22.5 Å². The third kappa shape index (κ3) is 3.23. The zero-order valence-electron chi connectivity index (χ0n) is 15.3. The molecule has 0 amide bonds. The minimum atomic E-state index is -1.00. The maximum Gasteiger partial charge on any atom is 0.355 e. The molecular weight excluding hydrogens is 406 g/mol. The number of rotatable bonds is 4. The Labute approximate surface area is 174 Å². The van der Waals surface area contributed by atoms with E-state index in [1.54, 1.807) is 21.7 Å². The number of para-hydroxylation sites is 1. The van der Waals surface area contributed by atoms with Crippen molar-refractivity contribution in [2.45, 2.75) is 12.8 Å². The lowest BCUT2D eigenvalue weighted by Gasteiger charge is -2.30. The summed E-state index contributed by atoms with van der Waals surface area (Å²) >= 11 is 2.90. The summed E-state index contributed by atoms with van der Waals surface area (Å²) in [6, 6.07) is 14.1. The molecular formula is C20H17N5O2S2. The molecule has 0 unspecified atom stereocenters. The van der Waals surface area contributed by atoms with Crippen LogP contribution in [0.2, 0.25) is 0 Å². The molecule has 4 aromatic rings. The fraction of sp³-hybridized carbons (Fsp3) is 0.150. The number of nitrogens with zero attached hydrogens (tertiary/aromatic N) is 4. The van der Waals surface area contributed by atoms with Crippen molar-refractivity contribution in [3.8, 4) is 0 Å². The highest BCUT2D eigenvalue weighted by atomic mass is 32.1. The summed E-state index contributed by atoms with van der Waals surface area (Å²) < 4.78 is 1.10. The zero-order chi connectivity index (χ0) is 20.0. The summed E-state index contributed by atoms with van der Waals surface area (Å²) in [4.78, 5) is 22.1. The highest BCUT2D eigenvalue weighted by Crippen LogP contribution is 2.38. The lowest BCUT2D eigenvalue weighted by atomic mass is 10.0. The number of carboxylic acid groups (broad SMARTS) is 1. The molecule has 2 aromatic heterocycles. The van der Waals surface area contributed by atoms with E-state index in [0.29, 0.717) is 5.13 Å². The maximum atomic E-state index is 11.2. The van der Waals surface area contributed by atoms with Crippen LogP contribution in [0.5, 0.6) is 0 Å². The topological polar surface area (TPSA) is 95.6 Å². The molecule has 9 heteroatoms. The molecule has 146 valence electrons. The summed E-state index contributed by atoms with van der Waals surface area (Å²) in [6.07, 6.45) is 1.90. The van der Waals surface area contributed by atoms with Crippen molar-refractivity contribution in [2.75, 3.05) is 16.5 Å². The van der Waals surface area contributed by atoms with Gasteiger partial charge in [-0.2, -0.15) is 0 Å². The summed E-state index contributed by atoms with van der Waals surface area (Å²) in [6.45, 7) is 0.809. The van der Waals surface area contributed by atoms with Crippen LogP contribution < -0.4 is 15.8 Å². The van der Waals surface area contributed by atoms with Crippen molar-refractivity contribution in [2.24, 2.45) is 5.84 Å². The van der Waals surface area contributed by atoms with Gasteiger partial charge in [0.15, 0.2) is 10.8 Å². The molecule has 3 N–H and O–H groups in total. The highest BCUT2D eigenvalue weighted by molar-refractivity contribution is 7.22. The van der Waals surface area contributed by atoms with Gasteiger partial charge in [0, 0.05) is 17.6 Å². The van der Waals surface area contributed by atoms with Crippen molar-refractivity contribution in [3.05, 3.63) is 59.1 Å². The molecule has 7 nitrogen and oxygen atoms in total. The fourth-order valence-electron chi connectivity index (χ4n) is 3.49. The standard InChI is InChI=1S/C20H17N5O2S2/c21-25(20-22-14-5-1-2-6-17(14)29-20)13-7-8-16-12(10-13)4-3-9-24(16)19-23-15(11-28-19)18(26)27/h1-2,5-8,10-11H,3-4,9,21H2,(H,26,27). The molecule has 0 spiro atoms. The van der Waals surface area contributed by atoms with Gasteiger partial charge >= 0.3 is 5.97 Å². The van der Waals surface area contributed by atoms with Crippen molar-refractivity contribution >= 4 is 60.5 Å². The van der Waals surface area contributed by atoms with Gasteiger partial charge in [-0.1, -0.05) is 23.5 Å². The Morgan fingerprint density at radius 1 is 1.21 bits per heavy atom. The van der Waals surface area contributed by atoms with Gasteiger partial charge < -0.3 is 10.0 Å². The van der Waals surface area contributed by atoms with E-state index in [-0.39, 0.29) is 5.69 Å². The Morgan fingerprint density at radius 2 is 2.07 bits per heavy atom. The normalized spacial score (nSPS) is 13.5. The van der Waals surface area contributed by atoms with Crippen molar-refractivity contribution in [3.63, 3.8) is 0 Å². The van der Waals surface area contributed by atoms with Gasteiger partial charge in [-0.05, 0) is 48.7 Å². The maximum absolute atomic E-state index is 11.2. The van der Waals surface area contributed by atoms with Crippen molar-refractivity contribution < 1.29 is 9.90 Å². The number of hydrogen-bond donors (Lipinski definition) is 2. The largest absolute Gasteiger partial charge is 0.476 e. The van der Waals surface area contributed by atoms with Crippen molar-refractivity contribution in [1.82, 2.24) is 9.97 Å². The number of benzene rings is 2. The summed E-state index contributed by atoms with van der Waals surface area (Å²) in [5.74, 6) is 5.38. The first-order valence-electron chi connectivity index (χ1n) is 9.10. The fourth-order valence-corrected chi connectivity index (χ4v) is 5.24. The number of anilines is 4. The molecule has 0 saturated heterocycles. The van der Waals surface area contributed by atoms with Gasteiger partial charge in [-0.3, -0.25) is 5.01 Å². The van der Waals surface area contributed by atoms with E-state index >= 15 is 0 Å². The molecule has 2 aromatic carbocycles. The SMILES string of the molecule is NN(c1ccc2c(c1)CCCN2c1nc(C(=O)O)cs1)c1nc2ccccc2s1. The smallest absolute Gasteiger partial charge is 0.355 e. The number of carboxylic acids is 1. The number of hydrogen-bond acceptors (Lipinski definition) is 8. The molecule has 29 heavy (non-hydrogen) atoms. The highest BCUT2D eigenvalue weighted by Gasteiger charge is 2.23. The average molecular weight is 424 g/mol. The molecule has 1 aliphatic heterocycles. The van der Waals surface area contributed by atoms with E-state index in [9.17, 15) is 4.79 Å². The predicted molar refractivity (Wildman–Crippen MR) is 117 cm³/mol. The summed E-state index contributed by atoms with van der Waals surface area (Å²) in [7, 11) is 0. The van der Waals surface area contributed by atoms with Crippen molar-refractivity contribution in [1.29, 1.82) is 0 Å². The summed E-state index contributed by atoms with van der Waals surface area (Å²) in [5.41, 5.74) is 4.10. The average Bonchev–Trinajstić information content (AvgIpc) is 3.39. The predicted octanol–water partition coefficient (Wildman–Crippen LogP) is 4.55. The van der Waals surface area contributed by atoms with Gasteiger partial charge in [0.2, 0.25) is 5.13 Å². The number of carbonyl (C=O) groups is 1. The third-order valence-corrected chi connectivity index (χ3v) is 6.79. The van der Waals surface area contributed by atoms with E-state index in [1.807, 2.05) is 36.4 Å². The second kappa shape index (κ2) is 7.11. The van der Waals surface area contributed by atoms with Crippen LogP contribution in [-0.2, 0) is 6.42 Å². The van der Waals surface area contributed by atoms with Gasteiger partial charge in [0.05, 0.1) is 15.9 Å².